The molecule has 31 heavy (non-hydrogen) atoms. The van der Waals surface area contributed by atoms with Gasteiger partial charge in [-0.05, 0) is 38.4 Å². The number of carbonyl (C=O) groups excluding carboxylic acids is 1. The Bertz CT molecular complexity index is 700. The summed E-state index contributed by atoms with van der Waals surface area (Å²) in [6, 6.07) is 4.52. The second kappa shape index (κ2) is 12.9. The Morgan fingerprint density at radius 1 is 1.19 bits per heavy atom. The average Bonchev–Trinajstić information content (AvgIpc) is 2.78. The van der Waals surface area contributed by atoms with Gasteiger partial charge in [-0.3, -0.25) is 4.99 Å². The molecule has 0 saturated carbocycles. The maximum absolute atomic E-state index is 11.8. The lowest BCUT2D eigenvalue weighted by atomic mass is 10.1. The number of nitrogens with zero attached hydrogens (tertiary/aromatic N) is 5. The number of ether oxygens (including phenoxy) is 1. The van der Waals surface area contributed by atoms with Gasteiger partial charge >= 0.3 is 6.09 Å². The average molecular weight is 545 g/mol. The predicted octanol–water partition coefficient (Wildman–Crippen LogP) is 1.74. The molecular formula is C21H36IN7O2. The number of rotatable bonds is 5. The van der Waals surface area contributed by atoms with E-state index in [2.05, 4.69) is 49.6 Å². The standard InChI is InChI=1S/C21H35N7O2.HI/c1-4-30-21(29)28-9-7-18(8-10-28)25-20(22-2)24-16-17-5-6-19(23-15-17)27-13-11-26(3)12-14-27;/h5-6,15,18H,4,7-14,16H2,1-3H3,(H2,22,24,25);1H. The Kier molecular flexibility index (Phi) is 10.6. The van der Waals surface area contributed by atoms with Crippen molar-refractivity contribution in [3.63, 3.8) is 0 Å². The zero-order valence-electron chi connectivity index (χ0n) is 18.8. The number of hydrogen-bond acceptors (Lipinski definition) is 6. The maximum Gasteiger partial charge on any atom is 0.409 e. The van der Waals surface area contributed by atoms with Gasteiger partial charge < -0.3 is 30.1 Å². The van der Waals surface area contributed by atoms with Crippen LogP contribution in [0, 0.1) is 0 Å². The fourth-order valence-corrected chi connectivity index (χ4v) is 3.74. The van der Waals surface area contributed by atoms with Gasteiger partial charge in [0.15, 0.2) is 5.96 Å². The Labute approximate surface area is 202 Å². The van der Waals surface area contributed by atoms with Crippen LogP contribution in [-0.2, 0) is 11.3 Å². The van der Waals surface area contributed by atoms with Crippen molar-refractivity contribution in [3.8, 4) is 0 Å². The van der Waals surface area contributed by atoms with E-state index in [0.717, 1.165) is 56.4 Å². The van der Waals surface area contributed by atoms with Crippen molar-refractivity contribution in [2.24, 2.45) is 4.99 Å². The van der Waals surface area contributed by atoms with Gasteiger partial charge in [-0.15, -0.1) is 24.0 Å². The van der Waals surface area contributed by atoms with Crippen molar-refractivity contribution >= 4 is 41.8 Å². The fourth-order valence-electron chi connectivity index (χ4n) is 3.74. The summed E-state index contributed by atoms with van der Waals surface area (Å²) in [4.78, 5) is 27.2. The van der Waals surface area contributed by atoms with E-state index in [1.54, 1.807) is 11.9 Å². The number of aromatic nitrogens is 1. The number of halogens is 1. The first-order valence-electron chi connectivity index (χ1n) is 10.9. The highest BCUT2D eigenvalue weighted by Crippen LogP contribution is 2.14. The van der Waals surface area contributed by atoms with Crippen LogP contribution in [0.1, 0.15) is 25.3 Å². The molecule has 3 rings (SSSR count). The van der Waals surface area contributed by atoms with E-state index < -0.39 is 0 Å². The molecule has 2 aliphatic rings. The first-order valence-corrected chi connectivity index (χ1v) is 10.9. The number of aliphatic imine (C=N–C) groups is 1. The molecule has 10 heteroatoms. The van der Waals surface area contributed by atoms with Gasteiger partial charge in [0.1, 0.15) is 5.82 Å². The predicted molar refractivity (Wildman–Crippen MR) is 134 cm³/mol. The number of piperazine rings is 1. The number of piperidine rings is 1. The zero-order chi connectivity index (χ0) is 21.3. The lowest BCUT2D eigenvalue weighted by molar-refractivity contribution is 0.0963. The van der Waals surface area contributed by atoms with Crippen LogP contribution in [0.15, 0.2) is 23.3 Å². The smallest absolute Gasteiger partial charge is 0.409 e. The summed E-state index contributed by atoms with van der Waals surface area (Å²) >= 11 is 0. The summed E-state index contributed by atoms with van der Waals surface area (Å²) in [6.45, 7) is 8.50. The van der Waals surface area contributed by atoms with Gasteiger partial charge in [0.05, 0.1) is 6.61 Å². The zero-order valence-corrected chi connectivity index (χ0v) is 21.2. The van der Waals surface area contributed by atoms with Crippen molar-refractivity contribution < 1.29 is 9.53 Å². The molecule has 0 spiro atoms. The van der Waals surface area contributed by atoms with Crippen LogP contribution >= 0.6 is 24.0 Å². The third-order valence-electron chi connectivity index (χ3n) is 5.68. The van der Waals surface area contributed by atoms with Crippen molar-refractivity contribution in [1.29, 1.82) is 0 Å². The molecule has 174 valence electrons. The minimum Gasteiger partial charge on any atom is -0.450 e. The number of anilines is 1. The lowest BCUT2D eigenvalue weighted by Gasteiger charge is -2.33. The summed E-state index contributed by atoms with van der Waals surface area (Å²) in [7, 11) is 3.93. The molecule has 1 amide bonds. The number of likely N-dealkylation sites (tertiary alicyclic amines) is 1. The minimum atomic E-state index is -0.217. The van der Waals surface area contributed by atoms with Crippen LogP contribution in [0.4, 0.5) is 10.6 Å². The molecule has 0 atom stereocenters. The van der Waals surface area contributed by atoms with Crippen LogP contribution in [0.5, 0.6) is 0 Å². The Morgan fingerprint density at radius 3 is 2.48 bits per heavy atom. The highest BCUT2D eigenvalue weighted by molar-refractivity contribution is 14.0. The molecule has 1 aromatic rings. The largest absolute Gasteiger partial charge is 0.450 e. The number of guanidine groups is 1. The van der Waals surface area contributed by atoms with Crippen molar-refractivity contribution in [1.82, 2.24) is 25.4 Å². The Balaban J connectivity index is 0.00000341. The molecule has 2 N–H and O–H groups in total. The third-order valence-corrected chi connectivity index (χ3v) is 5.68. The summed E-state index contributed by atoms with van der Waals surface area (Å²) < 4.78 is 5.08. The molecule has 1 aromatic heterocycles. The van der Waals surface area contributed by atoms with E-state index in [9.17, 15) is 4.79 Å². The van der Waals surface area contributed by atoms with Crippen molar-refractivity contribution in [2.45, 2.75) is 32.4 Å². The Hall–Kier alpha value is -1.82. The fraction of sp³-hybridized carbons (Fsp3) is 0.667. The topological polar surface area (TPSA) is 85.3 Å². The Morgan fingerprint density at radius 2 is 1.90 bits per heavy atom. The number of nitrogens with one attached hydrogen (secondary N) is 2. The molecule has 2 saturated heterocycles. The van der Waals surface area contributed by atoms with Crippen molar-refractivity contribution in [3.05, 3.63) is 23.9 Å². The van der Waals surface area contributed by atoms with Gasteiger partial charge in [-0.25, -0.2) is 9.78 Å². The van der Waals surface area contributed by atoms with E-state index in [-0.39, 0.29) is 30.1 Å². The molecule has 0 unspecified atom stereocenters. The van der Waals surface area contributed by atoms with Crippen LogP contribution in [0.25, 0.3) is 0 Å². The molecule has 3 heterocycles. The highest BCUT2D eigenvalue weighted by atomic mass is 127. The first-order chi connectivity index (χ1) is 14.6. The van der Waals surface area contributed by atoms with Gasteiger partial charge in [-0.2, -0.15) is 0 Å². The maximum atomic E-state index is 11.8. The molecule has 0 aromatic carbocycles. The minimum absolute atomic E-state index is 0. The molecule has 9 nitrogen and oxygen atoms in total. The number of pyridine rings is 1. The van der Waals surface area contributed by atoms with Crippen LogP contribution in [0.3, 0.4) is 0 Å². The second-order valence-corrected chi connectivity index (χ2v) is 7.85. The van der Waals surface area contributed by atoms with E-state index in [0.29, 0.717) is 32.3 Å². The van der Waals surface area contributed by atoms with E-state index in [4.69, 9.17) is 4.74 Å². The third kappa shape index (κ3) is 7.67. The second-order valence-electron chi connectivity index (χ2n) is 7.85. The van der Waals surface area contributed by atoms with Crippen LogP contribution in [-0.4, -0.2) is 92.8 Å². The van der Waals surface area contributed by atoms with E-state index in [1.165, 1.54) is 0 Å². The number of carbonyl (C=O) groups is 1. The molecule has 0 bridgehead atoms. The molecule has 2 fully saturated rings. The molecule has 2 aliphatic heterocycles. The van der Waals surface area contributed by atoms with Gasteiger partial charge in [0, 0.05) is 65.1 Å². The number of likely N-dealkylation sites (N-methyl/N-ethyl adjacent to an activating group) is 1. The number of hydrogen-bond donors (Lipinski definition) is 2. The lowest BCUT2D eigenvalue weighted by Crippen LogP contribution is -2.49. The van der Waals surface area contributed by atoms with Gasteiger partial charge in [0.2, 0.25) is 0 Å². The summed E-state index contributed by atoms with van der Waals surface area (Å²) in [6.07, 6.45) is 3.47. The normalized spacial score (nSPS) is 18.4. The van der Waals surface area contributed by atoms with Gasteiger partial charge in [-0.1, -0.05) is 6.07 Å². The monoisotopic (exact) mass is 545 g/mol. The van der Waals surface area contributed by atoms with Crippen molar-refractivity contribution in [2.75, 3.05) is 64.9 Å². The van der Waals surface area contributed by atoms with Crippen LogP contribution < -0.4 is 15.5 Å². The summed E-state index contributed by atoms with van der Waals surface area (Å²) in [5.74, 6) is 1.82. The van der Waals surface area contributed by atoms with E-state index in [1.807, 2.05) is 13.1 Å². The van der Waals surface area contributed by atoms with Gasteiger partial charge in [0.25, 0.3) is 0 Å². The summed E-state index contributed by atoms with van der Waals surface area (Å²) in [5, 5.41) is 6.83. The van der Waals surface area contributed by atoms with Crippen LogP contribution in [0.2, 0.25) is 0 Å². The summed E-state index contributed by atoms with van der Waals surface area (Å²) in [5.41, 5.74) is 1.12. The molecular weight excluding hydrogens is 509 g/mol. The number of amides is 1. The molecule has 0 aliphatic carbocycles. The highest BCUT2D eigenvalue weighted by Gasteiger charge is 2.24. The van der Waals surface area contributed by atoms with E-state index >= 15 is 0 Å². The molecule has 0 radical (unpaired) electrons. The SMILES string of the molecule is CCOC(=O)N1CCC(NC(=NC)NCc2ccc(N3CCN(C)CC3)nc2)CC1.I. The quantitative estimate of drug-likeness (QED) is 0.331. The first kappa shape index (κ1) is 25.4.